The van der Waals surface area contributed by atoms with E-state index in [0.717, 1.165) is 38.9 Å². The van der Waals surface area contributed by atoms with Crippen molar-refractivity contribution in [2.45, 2.75) is 102 Å². The van der Waals surface area contributed by atoms with Crippen molar-refractivity contribution in [2.24, 2.45) is 0 Å². The SMILES string of the molecule is CC(C)(C)OC(=O)NCCCC[C@H](NC(=O)[C@H](Cc1cn(C(c2ccccc2)(c2ccccc2)c2ccccc2)cn1)NC(=O)OCC1c2ccccc2-c2ccccc21)C(=O)OC(C)(C)C.Cl. The number of esters is 1. The summed E-state index contributed by atoms with van der Waals surface area (Å²) in [6.07, 6.45) is 3.43. The van der Waals surface area contributed by atoms with Gasteiger partial charge in [0.25, 0.3) is 0 Å². The Morgan fingerprint density at radius 3 is 1.63 bits per heavy atom. The Hall–Kier alpha value is -6.92. The number of alkyl carbamates (subject to hydrolysis) is 2. The van der Waals surface area contributed by atoms with Crippen LogP contribution < -0.4 is 16.0 Å². The van der Waals surface area contributed by atoms with Gasteiger partial charge in [-0.05, 0) is 99.7 Å². The standard InChI is InChI=1S/C55H61N5O7.ClH/c1-53(2,3)66-50(62)47(32-20-21-33-56-51(63)67-54(4,5)6)58-49(61)48(59-52(64)65-36-46-44-30-18-16-28-42(44)43-29-17-19-31-45(43)46)34-41-35-60(37-57-41)55(38-22-10-7-11-23-38,39-24-12-8-13-25-39)40-26-14-9-15-27-40;/h7-19,22-31,35,37,46-48H,20-21,32-34,36H2,1-6H3,(H,56,63)(H,58,61)(H,59,64);1H/t47-,48-;/m0./s1. The fraction of sp³-hybridized carbons (Fsp3) is 0.327. The summed E-state index contributed by atoms with van der Waals surface area (Å²) in [5.41, 5.74) is 5.41. The molecule has 1 aliphatic rings. The fourth-order valence-electron chi connectivity index (χ4n) is 8.71. The van der Waals surface area contributed by atoms with Gasteiger partial charge in [-0.25, -0.2) is 19.4 Å². The largest absolute Gasteiger partial charge is 0.458 e. The highest BCUT2D eigenvalue weighted by atomic mass is 35.5. The van der Waals surface area contributed by atoms with E-state index in [-0.39, 0.29) is 37.8 Å². The van der Waals surface area contributed by atoms with Gasteiger partial charge in [-0.3, -0.25) is 4.79 Å². The highest BCUT2D eigenvalue weighted by Gasteiger charge is 2.39. The second-order valence-corrected chi connectivity index (χ2v) is 18.8. The zero-order valence-corrected chi connectivity index (χ0v) is 40.4. The van der Waals surface area contributed by atoms with Crippen molar-refractivity contribution in [1.82, 2.24) is 25.5 Å². The molecule has 0 fully saturated rings. The van der Waals surface area contributed by atoms with Gasteiger partial charge in [0.05, 0.1) is 12.0 Å². The number of nitrogens with one attached hydrogen (secondary N) is 3. The zero-order valence-electron chi connectivity index (χ0n) is 39.6. The summed E-state index contributed by atoms with van der Waals surface area (Å²) in [6.45, 7) is 11.0. The maximum absolute atomic E-state index is 14.6. The van der Waals surface area contributed by atoms with E-state index in [0.29, 0.717) is 25.1 Å². The lowest BCUT2D eigenvalue weighted by atomic mass is 9.77. The molecule has 0 radical (unpaired) electrons. The van der Waals surface area contributed by atoms with Crippen LogP contribution >= 0.6 is 12.4 Å². The van der Waals surface area contributed by atoms with E-state index in [2.05, 4.69) is 64.5 Å². The smallest absolute Gasteiger partial charge is 0.407 e. The lowest BCUT2D eigenvalue weighted by molar-refractivity contribution is -0.159. The molecule has 0 saturated heterocycles. The summed E-state index contributed by atoms with van der Waals surface area (Å²) in [5.74, 6) is -1.45. The third kappa shape index (κ3) is 12.3. The fourth-order valence-corrected chi connectivity index (χ4v) is 8.71. The Morgan fingerprint density at radius 1 is 0.618 bits per heavy atom. The van der Waals surface area contributed by atoms with Gasteiger partial charge in [0.1, 0.15) is 35.4 Å². The molecule has 3 amide bonds. The first-order valence-corrected chi connectivity index (χ1v) is 22.9. The molecule has 6 aromatic rings. The minimum Gasteiger partial charge on any atom is -0.458 e. The van der Waals surface area contributed by atoms with E-state index in [4.69, 9.17) is 19.2 Å². The van der Waals surface area contributed by atoms with Crippen LogP contribution in [0.15, 0.2) is 152 Å². The first kappa shape index (κ1) is 50.5. The van der Waals surface area contributed by atoms with Crippen LogP contribution in [-0.4, -0.2) is 70.1 Å². The molecule has 12 nitrogen and oxygen atoms in total. The van der Waals surface area contributed by atoms with Gasteiger partial charge >= 0.3 is 18.2 Å². The zero-order chi connectivity index (χ0) is 47.6. The minimum absolute atomic E-state index is 0. The Bertz CT molecular complexity index is 2480. The van der Waals surface area contributed by atoms with Gasteiger partial charge in [-0.1, -0.05) is 140 Å². The van der Waals surface area contributed by atoms with Crippen LogP contribution in [0.1, 0.15) is 100 Å². The molecule has 7 rings (SSSR count). The molecule has 13 heteroatoms. The Morgan fingerprint density at radius 2 is 1.12 bits per heavy atom. The lowest BCUT2D eigenvalue weighted by Gasteiger charge is -2.37. The number of hydrogen-bond acceptors (Lipinski definition) is 8. The molecule has 1 aliphatic carbocycles. The highest BCUT2D eigenvalue weighted by Crippen LogP contribution is 2.45. The number of fused-ring (bicyclic) bond motifs is 3. The molecule has 2 atom stereocenters. The maximum atomic E-state index is 14.6. The number of aromatic nitrogens is 2. The number of benzene rings is 5. The molecule has 0 unspecified atom stereocenters. The van der Waals surface area contributed by atoms with Gasteiger partial charge in [0.2, 0.25) is 5.91 Å². The molecule has 0 bridgehead atoms. The summed E-state index contributed by atoms with van der Waals surface area (Å²) >= 11 is 0. The predicted molar refractivity (Wildman–Crippen MR) is 266 cm³/mol. The average Bonchev–Trinajstić information content (AvgIpc) is 3.90. The van der Waals surface area contributed by atoms with E-state index in [1.807, 2.05) is 102 Å². The number of carbonyl (C=O) groups excluding carboxylic acids is 4. The number of carbonyl (C=O) groups is 4. The van der Waals surface area contributed by atoms with Crippen LogP contribution in [0.3, 0.4) is 0 Å². The summed E-state index contributed by atoms with van der Waals surface area (Å²) in [5, 5.41) is 8.49. The first-order chi connectivity index (χ1) is 32.1. The number of unbranched alkanes of at least 4 members (excludes halogenated alkanes) is 1. The molecule has 0 aliphatic heterocycles. The second kappa shape index (κ2) is 22.3. The Kier molecular flexibility index (Phi) is 16.5. The van der Waals surface area contributed by atoms with Crippen molar-refractivity contribution in [2.75, 3.05) is 13.2 Å². The van der Waals surface area contributed by atoms with Crippen molar-refractivity contribution < 1.29 is 33.4 Å². The molecule has 1 heterocycles. The number of hydrogen-bond donors (Lipinski definition) is 3. The van der Waals surface area contributed by atoms with Crippen LogP contribution in [0.25, 0.3) is 11.1 Å². The number of imidazole rings is 1. The summed E-state index contributed by atoms with van der Waals surface area (Å²) in [7, 11) is 0. The van der Waals surface area contributed by atoms with E-state index in [1.165, 1.54) is 0 Å². The molecule has 3 N–H and O–H groups in total. The second-order valence-electron chi connectivity index (χ2n) is 18.8. The van der Waals surface area contributed by atoms with Crippen LogP contribution in [-0.2, 0) is 35.8 Å². The molecular formula is C55H62ClN5O7. The van der Waals surface area contributed by atoms with Gasteiger partial charge in [0, 0.05) is 25.1 Å². The van der Waals surface area contributed by atoms with E-state index in [9.17, 15) is 19.2 Å². The molecule has 1 aromatic heterocycles. The maximum Gasteiger partial charge on any atom is 0.407 e. The van der Waals surface area contributed by atoms with Gasteiger partial charge in [-0.15, -0.1) is 12.4 Å². The van der Waals surface area contributed by atoms with Gasteiger partial charge < -0.3 is 34.7 Å². The molecule has 68 heavy (non-hydrogen) atoms. The van der Waals surface area contributed by atoms with E-state index in [1.54, 1.807) is 47.9 Å². The predicted octanol–water partition coefficient (Wildman–Crippen LogP) is 10.1. The molecular weight excluding hydrogens is 878 g/mol. The monoisotopic (exact) mass is 939 g/mol. The number of halogens is 1. The number of nitrogens with zero attached hydrogens (tertiary/aromatic N) is 2. The summed E-state index contributed by atoms with van der Waals surface area (Å²) in [4.78, 5) is 59.5. The quantitative estimate of drug-likeness (QED) is 0.0354. The van der Waals surface area contributed by atoms with Crippen molar-refractivity contribution >= 4 is 36.5 Å². The minimum atomic E-state index is -1.22. The number of ether oxygens (including phenoxy) is 3. The number of amides is 3. The van der Waals surface area contributed by atoms with Crippen molar-refractivity contribution in [1.29, 1.82) is 0 Å². The van der Waals surface area contributed by atoms with Crippen LogP contribution in [0.4, 0.5) is 9.59 Å². The molecule has 0 saturated carbocycles. The summed E-state index contributed by atoms with van der Waals surface area (Å²) in [6, 6.07) is 44.3. The Labute approximate surface area is 405 Å². The lowest BCUT2D eigenvalue weighted by Crippen LogP contribution is -2.53. The average molecular weight is 941 g/mol. The van der Waals surface area contributed by atoms with Crippen LogP contribution in [0.2, 0.25) is 0 Å². The van der Waals surface area contributed by atoms with Gasteiger partial charge in [-0.2, -0.15) is 0 Å². The van der Waals surface area contributed by atoms with Crippen molar-refractivity contribution in [3.63, 3.8) is 0 Å². The van der Waals surface area contributed by atoms with Crippen molar-refractivity contribution in [3.05, 3.63) is 186 Å². The molecule has 356 valence electrons. The van der Waals surface area contributed by atoms with E-state index < -0.39 is 52.9 Å². The number of rotatable bonds is 17. The van der Waals surface area contributed by atoms with Crippen LogP contribution in [0.5, 0.6) is 0 Å². The Balaban J connectivity index is 0.00000761. The van der Waals surface area contributed by atoms with Crippen LogP contribution in [0, 0.1) is 0 Å². The third-order valence-corrected chi connectivity index (χ3v) is 11.6. The molecule has 0 spiro atoms. The molecule has 5 aromatic carbocycles. The normalized spacial score (nSPS) is 13.1. The van der Waals surface area contributed by atoms with E-state index >= 15 is 0 Å². The topological polar surface area (TPSA) is 150 Å². The highest BCUT2D eigenvalue weighted by molar-refractivity contribution is 5.90. The van der Waals surface area contributed by atoms with Gasteiger partial charge in [0.15, 0.2) is 0 Å². The third-order valence-electron chi connectivity index (χ3n) is 11.6. The summed E-state index contributed by atoms with van der Waals surface area (Å²) < 4.78 is 19.1. The first-order valence-electron chi connectivity index (χ1n) is 22.9. The van der Waals surface area contributed by atoms with Crippen molar-refractivity contribution in [3.8, 4) is 11.1 Å².